The molecule has 2 fully saturated rings. The van der Waals surface area contributed by atoms with Gasteiger partial charge < -0.3 is 14.5 Å². The average Bonchev–Trinajstić information content (AvgIpc) is 3.01. The van der Waals surface area contributed by atoms with Crippen molar-refractivity contribution in [3.63, 3.8) is 0 Å². The summed E-state index contributed by atoms with van der Waals surface area (Å²) in [5.74, 6) is 0.354. The van der Waals surface area contributed by atoms with Crippen LogP contribution in [0.1, 0.15) is 44.7 Å². The fourth-order valence-corrected chi connectivity index (χ4v) is 4.53. The van der Waals surface area contributed by atoms with Gasteiger partial charge in [0.1, 0.15) is 0 Å². The third-order valence-corrected chi connectivity index (χ3v) is 6.29. The highest BCUT2D eigenvalue weighted by molar-refractivity contribution is 5.79. The van der Waals surface area contributed by atoms with Gasteiger partial charge in [0, 0.05) is 50.9 Å². The number of aromatic nitrogens is 2. The number of carbonyl (C=O) groups excluding carboxylic acids is 1. The second-order valence-corrected chi connectivity index (χ2v) is 8.30. The molecule has 7 heteroatoms. The minimum atomic E-state index is -0.0588. The maximum atomic E-state index is 13.3. The summed E-state index contributed by atoms with van der Waals surface area (Å²) in [5.41, 5.74) is 1.08. The van der Waals surface area contributed by atoms with Crippen LogP contribution in [-0.2, 0) is 16.6 Å². The molecule has 3 heterocycles. The molecule has 0 spiro atoms. The molecule has 3 rings (SSSR count). The van der Waals surface area contributed by atoms with Crippen molar-refractivity contribution in [2.75, 3.05) is 52.9 Å². The molecule has 0 N–H and O–H groups in total. The highest BCUT2D eigenvalue weighted by atomic mass is 16.5. The number of ether oxygens (including phenoxy) is 1. The Bertz CT molecular complexity index is 630. The second-order valence-electron chi connectivity index (χ2n) is 8.30. The third-order valence-electron chi connectivity index (χ3n) is 6.29. The summed E-state index contributed by atoms with van der Waals surface area (Å²) in [5, 5.41) is 4.38. The van der Waals surface area contributed by atoms with E-state index in [4.69, 9.17) is 4.74 Å². The fraction of sp³-hybridized carbons (Fsp3) is 0.810. The van der Waals surface area contributed by atoms with E-state index in [1.165, 1.54) is 6.42 Å². The lowest BCUT2D eigenvalue weighted by Gasteiger charge is -2.43. The van der Waals surface area contributed by atoms with Gasteiger partial charge in [-0.25, -0.2) is 0 Å². The summed E-state index contributed by atoms with van der Waals surface area (Å²) in [6.45, 7) is 10.7. The second kappa shape index (κ2) is 9.85. The topological polar surface area (TPSA) is 53.8 Å². The predicted molar refractivity (Wildman–Crippen MR) is 110 cm³/mol. The molecule has 1 amide bonds. The molecule has 2 atom stereocenters. The first kappa shape index (κ1) is 21.3. The lowest BCUT2D eigenvalue weighted by Crippen LogP contribution is -2.53. The summed E-state index contributed by atoms with van der Waals surface area (Å²) in [4.78, 5) is 20.3. The molecule has 7 nitrogen and oxygen atoms in total. The number of morpholine rings is 1. The summed E-state index contributed by atoms with van der Waals surface area (Å²) in [6.07, 6.45) is 6.87. The van der Waals surface area contributed by atoms with Gasteiger partial charge in [-0.3, -0.25) is 14.4 Å². The number of hydrogen-bond donors (Lipinski definition) is 0. The number of carbonyl (C=O) groups is 1. The monoisotopic (exact) mass is 391 g/mol. The fourth-order valence-electron chi connectivity index (χ4n) is 4.53. The Hall–Kier alpha value is -1.44. The number of nitrogens with zero attached hydrogens (tertiary/aromatic N) is 5. The van der Waals surface area contributed by atoms with Gasteiger partial charge >= 0.3 is 0 Å². The Balaban J connectivity index is 1.81. The number of hydrogen-bond acceptors (Lipinski definition) is 5. The van der Waals surface area contributed by atoms with Crippen molar-refractivity contribution >= 4 is 5.91 Å². The molecule has 0 bridgehead atoms. The molecule has 2 aliphatic heterocycles. The van der Waals surface area contributed by atoms with Crippen LogP contribution in [0.25, 0.3) is 0 Å². The van der Waals surface area contributed by atoms with Gasteiger partial charge in [0.25, 0.3) is 0 Å². The zero-order chi connectivity index (χ0) is 20.1. The van der Waals surface area contributed by atoms with E-state index in [0.29, 0.717) is 13.2 Å². The van der Waals surface area contributed by atoms with E-state index in [-0.39, 0.29) is 24.0 Å². The molecular formula is C21H37N5O2. The molecule has 28 heavy (non-hydrogen) atoms. The molecule has 0 radical (unpaired) electrons. The number of amides is 1. The Morgan fingerprint density at radius 1 is 1.18 bits per heavy atom. The lowest BCUT2D eigenvalue weighted by molar-refractivity contribution is -0.153. The van der Waals surface area contributed by atoms with E-state index in [0.717, 1.165) is 51.1 Å². The van der Waals surface area contributed by atoms with E-state index in [9.17, 15) is 4.79 Å². The van der Waals surface area contributed by atoms with Crippen molar-refractivity contribution in [2.24, 2.45) is 13.0 Å². The lowest BCUT2D eigenvalue weighted by atomic mass is 9.95. The Labute approximate surface area is 169 Å². The van der Waals surface area contributed by atoms with E-state index >= 15 is 0 Å². The van der Waals surface area contributed by atoms with Crippen LogP contribution in [-0.4, -0.2) is 89.4 Å². The standard InChI is InChI=1S/C21H37N5O2/c1-5-17(6-2)21(27)26-12-13-28-19(20(26)18-14-22-24(4)15-18)16-25-9-7-8-23(3)10-11-25/h14-15,17,19-20H,5-13,16H2,1-4H3/t19-,20-/m0/s1. The average molecular weight is 392 g/mol. The zero-order valence-corrected chi connectivity index (χ0v) is 18.0. The van der Waals surface area contributed by atoms with Gasteiger partial charge in [-0.15, -0.1) is 0 Å². The highest BCUT2D eigenvalue weighted by Gasteiger charge is 2.39. The molecule has 158 valence electrons. The van der Waals surface area contributed by atoms with E-state index in [1.807, 2.05) is 24.1 Å². The number of likely N-dealkylation sites (N-methyl/N-ethyl adjacent to an activating group) is 1. The molecule has 0 aliphatic carbocycles. The first-order valence-electron chi connectivity index (χ1n) is 10.8. The van der Waals surface area contributed by atoms with Crippen LogP contribution in [0, 0.1) is 5.92 Å². The van der Waals surface area contributed by atoms with Gasteiger partial charge in [0.05, 0.1) is 24.9 Å². The van der Waals surface area contributed by atoms with E-state index in [2.05, 4.69) is 40.7 Å². The van der Waals surface area contributed by atoms with Gasteiger partial charge in [-0.2, -0.15) is 5.10 Å². The molecule has 0 aromatic carbocycles. The van der Waals surface area contributed by atoms with Crippen molar-refractivity contribution in [1.29, 1.82) is 0 Å². The quantitative estimate of drug-likeness (QED) is 0.740. The van der Waals surface area contributed by atoms with Crippen LogP contribution in [0.3, 0.4) is 0 Å². The molecule has 2 aliphatic rings. The summed E-state index contributed by atoms with van der Waals surface area (Å²) in [7, 11) is 4.12. The van der Waals surface area contributed by atoms with E-state index in [1.54, 1.807) is 0 Å². The molecular weight excluding hydrogens is 354 g/mol. The van der Waals surface area contributed by atoms with Crippen LogP contribution < -0.4 is 0 Å². The molecule has 1 aromatic heterocycles. The Morgan fingerprint density at radius 2 is 1.96 bits per heavy atom. The van der Waals surface area contributed by atoms with Gasteiger partial charge in [-0.1, -0.05) is 13.8 Å². The summed E-state index contributed by atoms with van der Waals surface area (Å²) in [6, 6.07) is -0.0588. The van der Waals surface area contributed by atoms with E-state index < -0.39 is 0 Å². The van der Waals surface area contributed by atoms with Gasteiger partial charge in [0.15, 0.2) is 0 Å². The Morgan fingerprint density at radius 3 is 2.64 bits per heavy atom. The zero-order valence-electron chi connectivity index (χ0n) is 18.0. The van der Waals surface area contributed by atoms with Crippen LogP contribution in [0.5, 0.6) is 0 Å². The first-order valence-corrected chi connectivity index (χ1v) is 10.8. The highest BCUT2D eigenvalue weighted by Crippen LogP contribution is 2.32. The molecule has 0 saturated carbocycles. The largest absolute Gasteiger partial charge is 0.373 e. The Kier molecular flexibility index (Phi) is 7.48. The predicted octanol–water partition coefficient (Wildman–Crippen LogP) is 1.76. The molecule has 2 saturated heterocycles. The van der Waals surface area contributed by atoms with Crippen LogP contribution in [0.4, 0.5) is 0 Å². The minimum absolute atomic E-state index is 0.0142. The molecule has 1 aromatic rings. The summed E-state index contributed by atoms with van der Waals surface area (Å²) < 4.78 is 8.09. The summed E-state index contributed by atoms with van der Waals surface area (Å²) >= 11 is 0. The van der Waals surface area contributed by atoms with Gasteiger partial charge in [0.2, 0.25) is 5.91 Å². The van der Waals surface area contributed by atoms with Crippen molar-refractivity contribution in [1.82, 2.24) is 24.5 Å². The van der Waals surface area contributed by atoms with Crippen molar-refractivity contribution < 1.29 is 9.53 Å². The van der Waals surface area contributed by atoms with Crippen molar-refractivity contribution in [2.45, 2.75) is 45.3 Å². The third kappa shape index (κ3) is 4.93. The number of rotatable bonds is 6. The minimum Gasteiger partial charge on any atom is -0.373 e. The first-order chi connectivity index (χ1) is 13.5. The SMILES string of the molecule is CCC(CC)C(=O)N1CCO[C@@H](CN2CCCN(C)CC2)[C@@H]1c1cnn(C)c1. The van der Waals surface area contributed by atoms with Gasteiger partial charge in [-0.05, 0) is 39.4 Å². The van der Waals surface area contributed by atoms with Crippen molar-refractivity contribution in [3.05, 3.63) is 18.0 Å². The van der Waals surface area contributed by atoms with Crippen molar-refractivity contribution in [3.8, 4) is 0 Å². The maximum Gasteiger partial charge on any atom is 0.226 e. The van der Waals surface area contributed by atoms with Crippen LogP contribution in [0.2, 0.25) is 0 Å². The smallest absolute Gasteiger partial charge is 0.226 e. The normalized spacial score (nSPS) is 25.2. The number of aryl methyl sites for hydroxylation is 1. The molecule has 0 unspecified atom stereocenters. The van der Waals surface area contributed by atoms with Crippen LogP contribution >= 0.6 is 0 Å². The van der Waals surface area contributed by atoms with Crippen LogP contribution in [0.15, 0.2) is 12.4 Å². The maximum absolute atomic E-state index is 13.3.